The Morgan fingerprint density at radius 1 is 0.970 bits per heavy atom. The molecule has 1 heterocycles. The van der Waals surface area contributed by atoms with Gasteiger partial charge in [0.2, 0.25) is 11.7 Å². The molecule has 4 rings (SSSR count). The number of methoxy groups -OCH3 is 3. The average molecular weight is 470 g/mol. The summed E-state index contributed by atoms with van der Waals surface area (Å²) < 4.78 is 16.5. The summed E-state index contributed by atoms with van der Waals surface area (Å²) in [6.07, 6.45) is 1.14. The van der Waals surface area contributed by atoms with Crippen molar-refractivity contribution in [2.75, 3.05) is 26.2 Å². The third-order valence-corrected chi connectivity index (χ3v) is 6.65. The summed E-state index contributed by atoms with van der Waals surface area (Å²) >= 11 is 6.48. The predicted molar refractivity (Wildman–Crippen MR) is 127 cm³/mol. The Hall–Kier alpha value is -2.99. The van der Waals surface area contributed by atoms with E-state index in [1.165, 1.54) is 0 Å². The van der Waals surface area contributed by atoms with E-state index in [4.69, 9.17) is 25.8 Å². The van der Waals surface area contributed by atoms with Gasteiger partial charge in [0.25, 0.3) is 0 Å². The van der Waals surface area contributed by atoms with Crippen LogP contribution in [0.5, 0.6) is 17.2 Å². The number of nitrogens with zero attached hydrogens (tertiary/aromatic N) is 1. The maximum absolute atomic E-state index is 13.6. The summed E-state index contributed by atoms with van der Waals surface area (Å²) in [5.41, 5.74) is 2.48. The Morgan fingerprint density at radius 2 is 1.61 bits per heavy atom. The third kappa shape index (κ3) is 4.08. The molecular formula is C26H28ClNO5. The molecule has 0 fully saturated rings. The van der Waals surface area contributed by atoms with Crippen molar-refractivity contribution in [2.24, 2.45) is 5.41 Å². The van der Waals surface area contributed by atoms with Gasteiger partial charge in [-0.05, 0) is 41.7 Å². The Bertz CT molecular complexity index is 1130. The van der Waals surface area contributed by atoms with Gasteiger partial charge in [-0.2, -0.15) is 0 Å². The van der Waals surface area contributed by atoms with E-state index in [2.05, 4.69) is 0 Å². The standard InChI is InChI=1S/C26H28ClNO5/c1-26(2)13-19-24(20(29)14-26)16(12-23(30)28(19)18-9-7-6-8-17(18)27)15-10-21(31-3)25(33-5)22(11-15)32-4/h6-11,16H,12-14H2,1-5H3. The number of halogens is 1. The molecule has 2 aromatic carbocycles. The number of anilines is 1. The minimum Gasteiger partial charge on any atom is -0.493 e. The van der Waals surface area contributed by atoms with E-state index in [0.29, 0.717) is 46.4 Å². The van der Waals surface area contributed by atoms with Crippen molar-refractivity contribution in [3.05, 3.63) is 58.3 Å². The number of para-hydroxylation sites is 1. The van der Waals surface area contributed by atoms with E-state index in [1.54, 1.807) is 32.3 Å². The van der Waals surface area contributed by atoms with Gasteiger partial charge in [0.15, 0.2) is 17.3 Å². The predicted octanol–water partition coefficient (Wildman–Crippen LogP) is 5.53. The molecule has 2 aliphatic rings. The molecule has 6 nitrogen and oxygen atoms in total. The summed E-state index contributed by atoms with van der Waals surface area (Å²) in [6, 6.07) is 10.9. The summed E-state index contributed by atoms with van der Waals surface area (Å²) in [7, 11) is 4.63. The maximum Gasteiger partial charge on any atom is 0.232 e. The zero-order chi connectivity index (χ0) is 23.9. The first kappa shape index (κ1) is 23.2. The largest absolute Gasteiger partial charge is 0.493 e. The van der Waals surface area contributed by atoms with E-state index >= 15 is 0 Å². The van der Waals surface area contributed by atoms with E-state index in [-0.39, 0.29) is 23.5 Å². The number of hydrogen-bond acceptors (Lipinski definition) is 5. The molecule has 1 unspecified atom stereocenters. The summed E-state index contributed by atoms with van der Waals surface area (Å²) in [4.78, 5) is 28.7. The summed E-state index contributed by atoms with van der Waals surface area (Å²) in [6.45, 7) is 4.10. The van der Waals surface area contributed by atoms with Crippen LogP contribution in [-0.2, 0) is 9.59 Å². The van der Waals surface area contributed by atoms with E-state index in [0.717, 1.165) is 11.3 Å². The van der Waals surface area contributed by atoms with Crippen LogP contribution in [0.3, 0.4) is 0 Å². The molecule has 0 saturated carbocycles. The monoisotopic (exact) mass is 469 g/mol. The van der Waals surface area contributed by atoms with Crippen LogP contribution in [0.2, 0.25) is 5.02 Å². The van der Waals surface area contributed by atoms with Crippen LogP contribution in [0.25, 0.3) is 0 Å². The molecule has 2 aromatic rings. The number of allylic oxidation sites excluding steroid dienone is 2. The number of carbonyl (C=O) groups excluding carboxylic acids is 2. The normalized spacial score (nSPS) is 19.9. The number of Topliss-reactive ketones (excluding diaryl/α,β-unsaturated/α-hetero) is 1. The highest BCUT2D eigenvalue weighted by molar-refractivity contribution is 6.34. The lowest BCUT2D eigenvalue weighted by Crippen LogP contribution is -2.43. The van der Waals surface area contributed by atoms with Crippen LogP contribution >= 0.6 is 11.6 Å². The SMILES string of the molecule is COc1cc(C2CC(=O)N(c3ccccc3Cl)C3=C2C(=O)CC(C)(C)C3)cc(OC)c1OC. The zero-order valence-corrected chi connectivity index (χ0v) is 20.3. The minimum absolute atomic E-state index is 0.0459. The van der Waals surface area contributed by atoms with Crippen molar-refractivity contribution in [2.45, 2.75) is 39.0 Å². The molecule has 174 valence electrons. The van der Waals surface area contributed by atoms with E-state index in [9.17, 15) is 9.59 Å². The van der Waals surface area contributed by atoms with Gasteiger partial charge < -0.3 is 14.2 Å². The number of amides is 1. The highest BCUT2D eigenvalue weighted by atomic mass is 35.5. The number of ether oxygens (including phenoxy) is 3. The number of ketones is 1. The van der Waals surface area contributed by atoms with Crippen molar-refractivity contribution < 1.29 is 23.8 Å². The van der Waals surface area contributed by atoms with Crippen LogP contribution in [-0.4, -0.2) is 33.0 Å². The Balaban J connectivity index is 1.94. The van der Waals surface area contributed by atoms with Gasteiger partial charge in [0.05, 0.1) is 32.0 Å². The first-order valence-electron chi connectivity index (χ1n) is 10.8. The van der Waals surface area contributed by atoms with Gasteiger partial charge in [0, 0.05) is 30.0 Å². The molecule has 0 spiro atoms. The molecule has 0 saturated heterocycles. The molecule has 0 bridgehead atoms. The van der Waals surface area contributed by atoms with Gasteiger partial charge in [-0.25, -0.2) is 0 Å². The van der Waals surface area contributed by atoms with E-state index in [1.807, 2.05) is 44.2 Å². The highest BCUT2D eigenvalue weighted by Gasteiger charge is 2.45. The molecular weight excluding hydrogens is 442 g/mol. The second kappa shape index (κ2) is 8.75. The fourth-order valence-electron chi connectivity index (χ4n) is 4.92. The molecule has 1 atom stereocenters. The molecule has 1 aliphatic heterocycles. The summed E-state index contributed by atoms with van der Waals surface area (Å²) in [5, 5.41) is 0.472. The molecule has 7 heteroatoms. The average Bonchev–Trinajstić information content (AvgIpc) is 2.77. The maximum atomic E-state index is 13.6. The lowest BCUT2D eigenvalue weighted by Gasteiger charge is -2.43. The summed E-state index contributed by atoms with van der Waals surface area (Å²) in [5.74, 6) is 0.963. The third-order valence-electron chi connectivity index (χ3n) is 6.33. The van der Waals surface area contributed by atoms with Crippen LogP contribution < -0.4 is 19.1 Å². The van der Waals surface area contributed by atoms with Crippen molar-refractivity contribution >= 4 is 29.0 Å². The van der Waals surface area contributed by atoms with Gasteiger partial charge in [-0.3, -0.25) is 14.5 Å². The van der Waals surface area contributed by atoms with Crippen LogP contribution in [0.1, 0.15) is 44.6 Å². The van der Waals surface area contributed by atoms with Gasteiger partial charge >= 0.3 is 0 Å². The number of benzene rings is 2. The van der Waals surface area contributed by atoms with Crippen molar-refractivity contribution in [1.82, 2.24) is 0 Å². The highest BCUT2D eigenvalue weighted by Crippen LogP contribution is 2.50. The minimum atomic E-state index is -0.413. The smallest absolute Gasteiger partial charge is 0.232 e. The van der Waals surface area contributed by atoms with E-state index < -0.39 is 5.92 Å². The van der Waals surface area contributed by atoms with Crippen molar-refractivity contribution in [1.29, 1.82) is 0 Å². The quantitative estimate of drug-likeness (QED) is 0.576. The van der Waals surface area contributed by atoms with Crippen LogP contribution in [0.15, 0.2) is 47.7 Å². The molecule has 1 aliphatic carbocycles. The van der Waals surface area contributed by atoms with Crippen molar-refractivity contribution in [3.8, 4) is 17.2 Å². The Kier molecular flexibility index (Phi) is 6.14. The lowest BCUT2D eigenvalue weighted by atomic mass is 9.69. The second-order valence-electron chi connectivity index (χ2n) is 9.20. The number of rotatable bonds is 5. The number of carbonyl (C=O) groups is 2. The Labute approximate surface area is 199 Å². The van der Waals surface area contributed by atoms with Gasteiger partial charge in [-0.15, -0.1) is 0 Å². The van der Waals surface area contributed by atoms with Crippen LogP contribution in [0.4, 0.5) is 5.69 Å². The number of hydrogen-bond donors (Lipinski definition) is 0. The molecule has 0 radical (unpaired) electrons. The lowest BCUT2D eigenvalue weighted by molar-refractivity contribution is -0.121. The fraction of sp³-hybridized carbons (Fsp3) is 0.385. The van der Waals surface area contributed by atoms with Gasteiger partial charge in [-0.1, -0.05) is 37.6 Å². The van der Waals surface area contributed by atoms with Crippen molar-refractivity contribution in [3.63, 3.8) is 0 Å². The topological polar surface area (TPSA) is 65.1 Å². The molecule has 1 amide bonds. The first-order valence-corrected chi connectivity index (χ1v) is 11.2. The zero-order valence-electron chi connectivity index (χ0n) is 19.5. The Morgan fingerprint density at radius 3 is 2.18 bits per heavy atom. The first-order chi connectivity index (χ1) is 15.7. The molecule has 0 aromatic heterocycles. The fourth-order valence-corrected chi connectivity index (χ4v) is 5.14. The second-order valence-corrected chi connectivity index (χ2v) is 9.60. The molecule has 0 N–H and O–H groups in total. The molecule has 33 heavy (non-hydrogen) atoms. The van der Waals surface area contributed by atoms with Crippen LogP contribution in [0, 0.1) is 5.41 Å². The van der Waals surface area contributed by atoms with Gasteiger partial charge in [0.1, 0.15) is 0 Å².